The Labute approximate surface area is 111 Å². The first-order valence-electron chi connectivity index (χ1n) is 5.95. The smallest absolute Gasteiger partial charge is 0.255 e. The summed E-state index contributed by atoms with van der Waals surface area (Å²) in [5.41, 5.74) is 0.241. The number of ether oxygens (including phenoxy) is 1. The summed E-state index contributed by atoms with van der Waals surface area (Å²) in [5, 5.41) is 13.0. The van der Waals surface area contributed by atoms with Crippen LogP contribution in [0.2, 0.25) is 5.02 Å². The fourth-order valence-electron chi connectivity index (χ4n) is 2.05. The molecule has 0 radical (unpaired) electrons. The molecule has 0 spiro atoms. The monoisotopic (exact) mass is 269 g/mol. The van der Waals surface area contributed by atoms with E-state index in [1.165, 1.54) is 12.1 Å². The average molecular weight is 270 g/mol. The molecular formula is C13H16ClNO3. The van der Waals surface area contributed by atoms with Gasteiger partial charge in [-0.15, -0.1) is 0 Å². The maximum Gasteiger partial charge on any atom is 0.255 e. The van der Waals surface area contributed by atoms with E-state index in [1.807, 2.05) is 6.92 Å². The van der Waals surface area contributed by atoms with Gasteiger partial charge in [0, 0.05) is 23.6 Å². The van der Waals surface area contributed by atoms with E-state index in [4.69, 9.17) is 16.3 Å². The van der Waals surface area contributed by atoms with Crippen molar-refractivity contribution in [2.24, 2.45) is 5.92 Å². The Morgan fingerprint density at radius 3 is 3.00 bits per heavy atom. The highest BCUT2D eigenvalue weighted by Crippen LogP contribution is 2.23. The molecule has 2 N–H and O–H groups in total. The number of nitrogens with one attached hydrogen (secondary N) is 1. The minimum atomic E-state index is -0.288. The van der Waals surface area contributed by atoms with Crippen molar-refractivity contribution >= 4 is 17.5 Å². The zero-order valence-corrected chi connectivity index (χ0v) is 10.9. The van der Waals surface area contributed by atoms with Crippen LogP contribution in [0.25, 0.3) is 0 Å². The maximum atomic E-state index is 12.0. The molecule has 1 saturated heterocycles. The van der Waals surface area contributed by atoms with E-state index in [0.717, 1.165) is 13.0 Å². The van der Waals surface area contributed by atoms with E-state index in [-0.39, 0.29) is 23.3 Å². The third kappa shape index (κ3) is 2.94. The van der Waals surface area contributed by atoms with Crippen molar-refractivity contribution in [1.29, 1.82) is 0 Å². The number of hydrogen-bond acceptors (Lipinski definition) is 3. The molecule has 98 valence electrons. The molecule has 1 amide bonds. The lowest BCUT2D eigenvalue weighted by molar-refractivity contribution is 0.0919. The zero-order chi connectivity index (χ0) is 13.1. The molecule has 1 aliphatic rings. The molecular weight excluding hydrogens is 254 g/mol. The number of phenolic OH excluding ortho intramolecular Hbond substituents is 1. The summed E-state index contributed by atoms with van der Waals surface area (Å²) in [7, 11) is 0. The number of benzene rings is 1. The summed E-state index contributed by atoms with van der Waals surface area (Å²) in [6.45, 7) is 3.37. The molecule has 2 rings (SSSR count). The van der Waals surface area contributed by atoms with Crippen molar-refractivity contribution in [1.82, 2.24) is 5.32 Å². The second kappa shape index (κ2) is 5.59. The van der Waals surface area contributed by atoms with Gasteiger partial charge < -0.3 is 15.2 Å². The van der Waals surface area contributed by atoms with Crippen LogP contribution in [0.5, 0.6) is 5.75 Å². The lowest BCUT2D eigenvalue weighted by Crippen LogP contribution is -2.38. The topological polar surface area (TPSA) is 58.6 Å². The van der Waals surface area contributed by atoms with Crippen LogP contribution in [0.1, 0.15) is 23.7 Å². The van der Waals surface area contributed by atoms with Gasteiger partial charge in [-0.1, -0.05) is 11.6 Å². The highest BCUT2D eigenvalue weighted by molar-refractivity contribution is 6.30. The molecule has 1 aromatic rings. The molecule has 0 aromatic heterocycles. The Balaban J connectivity index is 2.02. The normalized spacial score (nSPS) is 20.7. The van der Waals surface area contributed by atoms with E-state index < -0.39 is 0 Å². The van der Waals surface area contributed by atoms with E-state index >= 15 is 0 Å². The summed E-state index contributed by atoms with van der Waals surface area (Å²) >= 11 is 5.72. The molecule has 18 heavy (non-hydrogen) atoms. The van der Waals surface area contributed by atoms with Gasteiger partial charge in [-0.2, -0.15) is 0 Å². The third-order valence-corrected chi connectivity index (χ3v) is 3.47. The molecule has 0 bridgehead atoms. The molecule has 4 nitrogen and oxygen atoms in total. The molecule has 1 aromatic carbocycles. The van der Waals surface area contributed by atoms with Gasteiger partial charge in [0.15, 0.2) is 0 Å². The minimum absolute atomic E-state index is 0.0232. The lowest BCUT2D eigenvalue weighted by atomic mass is 10.0. The standard InChI is InChI=1S/C13H16ClNO3/c1-8(9-4-5-18-7-9)15-13(17)11-3-2-10(14)6-12(11)16/h2-3,6,8-9,16H,4-5,7H2,1H3,(H,15,17). The van der Waals surface area contributed by atoms with Crippen LogP contribution in [0.4, 0.5) is 0 Å². The largest absolute Gasteiger partial charge is 0.507 e. The first-order valence-corrected chi connectivity index (χ1v) is 6.33. The van der Waals surface area contributed by atoms with Crippen LogP contribution >= 0.6 is 11.6 Å². The fourth-order valence-corrected chi connectivity index (χ4v) is 2.21. The van der Waals surface area contributed by atoms with E-state index in [9.17, 15) is 9.90 Å². The van der Waals surface area contributed by atoms with Crippen LogP contribution < -0.4 is 5.32 Å². The Bertz CT molecular complexity index is 444. The molecule has 0 aliphatic carbocycles. The first-order chi connectivity index (χ1) is 8.58. The zero-order valence-electron chi connectivity index (χ0n) is 10.1. The van der Waals surface area contributed by atoms with Crippen molar-refractivity contribution in [3.05, 3.63) is 28.8 Å². The van der Waals surface area contributed by atoms with Crippen LogP contribution in [0.3, 0.4) is 0 Å². The van der Waals surface area contributed by atoms with E-state index in [1.54, 1.807) is 6.07 Å². The molecule has 1 fully saturated rings. The molecule has 5 heteroatoms. The summed E-state index contributed by atoms with van der Waals surface area (Å²) in [4.78, 5) is 12.0. The van der Waals surface area contributed by atoms with E-state index in [2.05, 4.69) is 5.32 Å². The second-order valence-electron chi connectivity index (χ2n) is 4.55. The predicted octanol–water partition coefficient (Wildman–Crippen LogP) is 2.20. The number of rotatable bonds is 3. The van der Waals surface area contributed by atoms with Crippen molar-refractivity contribution in [3.8, 4) is 5.75 Å². The SMILES string of the molecule is CC(NC(=O)c1ccc(Cl)cc1O)C1CCOC1. The van der Waals surface area contributed by atoms with Gasteiger partial charge in [0.05, 0.1) is 12.2 Å². The number of halogens is 1. The van der Waals surface area contributed by atoms with E-state index in [0.29, 0.717) is 17.5 Å². The molecule has 1 aliphatic heterocycles. The summed E-state index contributed by atoms with van der Waals surface area (Å²) < 4.78 is 5.29. The van der Waals surface area contributed by atoms with Crippen LogP contribution in [0, 0.1) is 5.92 Å². The van der Waals surface area contributed by atoms with Gasteiger partial charge in [-0.05, 0) is 31.5 Å². The minimum Gasteiger partial charge on any atom is -0.507 e. The van der Waals surface area contributed by atoms with Crippen molar-refractivity contribution in [3.63, 3.8) is 0 Å². The van der Waals surface area contributed by atoms with Crippen molar-refractivity contribution in [2.75, 3.05) is 13.2 Å². The van der Waals surface area contributed by atoms with Gasteiger partial charge in [0.2, 0.25) is 0 Å². The third-order valence-electron chi connectivity index (χ3n) is 3.24. The quantitative estimate of drug-likeness (QED) is 0.884. The predicted molar refractivity (Wildman–Crippen MR) is 69.0 cm³/mol. The number of phenols is 1. The molecule has 2 atom stereocenters. The highest BCUT2D eigenvalue weighted by atomic mass is 35.5. The summed E-state index contributed by atoms with van der Waals surface area (Å²) in [6, 6.07) is 4.49. The van der Waals surface area contributed by atoms with Gasteiger partial charge in [-0.25, -0.2) is 0 Å². The van der Waals surface area contributed by atoms with Gasteiger partial charge in [-0.3, -0.25) is 4.79 Å². The van der Waals surface area contributed by atoms with Crippen LogP contribution in [0.15, 0.2) is 18.2 Å². The number of hydrogen-bond donors (Lipinski definition) is 2. The lowest BCUT2D eigenvalue weighted by Gasteiger charge is -2.19. The highest BCUT2D eigenvalue weighted by Gasteiger charge is 2.24. The van der Waals surface area contributed by atoms with Crippen LogP contribution in [-0.4, -0.2) is 30.3 Å². The van der Waals surface area contributed by atoms with Gasteiger partial charge >= 0.3 is 0 Å². The Morgan fingerprint density at radius 2 is 2.39 bits per heavy atom. The van der Waals surface area contributed by atoms with Gasteiger partial charge in [0.1, 0.15) is 5.75 Å². The van der Waals surface area contributed by atoms with Crippen molar-refractivity contribution < 1.29 is 14.6 Å². The van der Waals surface area contributed by atoms with Crippen molar-refractivity contribution in [2.45, 2.75) is 19.4 Å². The first kappa shape index (κ1) is 13.2. The summed E-state index contributed by atoms with van der Waals surface area (Å²) in [5.74, 6) is -0.0539. The number of amides is 1. The summed E-state index contributed by atoms with van der Waals surface area (Å²) in [6.07, 6.45) is 0.952. The number of carbonyl (C=O) groups is 1. The molecule has 0 saturated carbocycles. The maximum absolute atomic E-state index is 12.0. The number of aromatic hydroxyl groups is 1. The van der Waals surface area contributed by atoms with Crippen LogP contribution in [-0.2, 0) is 4.74 Å². The second-order valence-corrected chi connectivity index (χ2v) is 4.98. The Kier molecular flexibility index (Phi) is 4.09. The molecule has 2 unspecified atom stereocenters. The Morgan fingerprint density at radius 1 is 1.61 bits per heavy atom. The molecule has 1 heterocycles. The van der Waals surface area contributed by atoms with Gasteiger partial charge in [0.25, 0.3) is 5.91 Å². The fraction of sp³-hybridized carbons (Fsp3) is 0.462. The average Bonchev–Trinajstić information content (AvgIpc) is 2.81. The number of carbonyl (C=O) groups excluding carboxylic acids is 1. The Hall–Kier alpha value is -1.26.